The maximum absolute atomic E-state index is 12.9. The minimum absolute atomic E-state index is 0.0806. The number of alkyl carbamates (subject to hydrolysis) is 1. The number of nitrogens with one attached hydrogen (secondary N) is 1. The van der Waals surface area contributed by atoms with E-state index in [0.717, 1.165) is 81.4 Å². The number of carbonyl (C=O) groups is 1. The molecule has 35 heavy (non-hydrogen) atoms. The van der Waals surface area contributed by atoms with Gasteiger partial charge in [-0.3, -0.25) is 0 Å². The Morgan fingerprint density at radius 1 is 1.06 bits per heavy atom. The number of ether oxygens (including phenoxy) is 1. The lowest BCUT2D eigenvalue weighted by molar-refractivity contribution is -0.137. The van der Waals surface area contributed by atoms with Crippen molar-refractivity contribution < 1.29 is 22.7 Å². The van der Waals surface area contributed by atoms with Gasteiger partial charge in [0.25, 0.3) is 0 Å². The van der Waals surface area contributed by atoms with Crippen LogP contribution in [0.5, 0.6) is 0 Å². The van der Waals surface area contributed by atoms with Gasteiger partial charge in [0.2, 0.25) is 0 Å². The zero-order chi connectivity index (χ0) is 24.8. The number of halogens is 4. The van der Waals surface area contributed by atoms with Gasteiger partial charge in [-0.25, -0.2) is 4.79 Å². The summed E-state index contributed by atoms with van der Waals surface area (Å²) < 4.78 is 44.1. The van der Waals surface area contributed by atoms with Gasteiger partial charge in [0, 0.05) is 29.8 Å². The van der Waals surface area contributed by atoms with Gasteiger partial charge in [0.05, 0.1) is 5.56 Å². The van der Waals surface area contributed by atoms with Crippen molar-refractivity contribution in [2.75, 3.05) is 18.0 Å². The van der Waals surface area contributed by atoms with Crippen LogP contribution in [0.1, 0.15) is 56.1 Å². The second-order valence-corrected chi connectivity index (χ2v) is 10.2. The Morgan fingerprint density at radius 2 is 1.83 bits per heavy atom. The number of rotatable bonds is 6. The van der Waals surface area contributed by atoms with Crippen molar-refractivity contribution in [1.82, 2.24) is 5.32 Å². The Balaban J connectivity index is 1.30. The summed E-state index contributed by atoms with van der Waals surface area (Å²) in [4.78, 5) is 14.7. The highest BCUT2D eigenvalue weighted by Crippen LogP contribution is 2.35. The first-order chi connectivity index (χ1) is 16.8. The molecule has 2 aromatic rings. The van der Waals surface area contributed by atoms with E-state index in [0.29, 0.717) is 16.9 Å². The number of carbonyl (C=O) groups excluding carboxylic acids is 1. The summed E-state index contributed by atoms with van der Waals surface area (Å²) in [6.07, 6.45) is 2.61. The van der Waals surface area contributed by atoms with Crippen LogP contribution in [0.4, 0.5) is 23.7 Å². The Hall–Kier alpha value is -2.41. The van der Waals surface area contributed by atoms with Crippen LogP contribution in [-0.2, 0) is 17.5 Å². The first kappa shape index (κ1) is 25.7. The second kappa shape index (κ2) is 11.5. The number of hydrogen-bond acceptors (Lipinski definition) is 3. The summed E-state index contributed by atoms with van der Waals surface area (Å²) in [6, 6.07) is 12.8. The van der Waals surface area contributed by atoms with Crippen molar-refractivity contribution >= 4 is 23.4 Å². The SMILES string of the molecule is O=C(N[C@@H]1CCCC[C@H]1C[C@H]1CCCN(c2ccc(C(F)(F)F)cc2)C1)OCc1cccc(Cl)c1. The van der Waals surface area contributed by atoms with Gasteiger partial charge in [-0.05, 0) is 85.9 Å². The average molecular weight is 509 g/mol. The summed E-state index contributed by atoms with van der Waals surface area (Å²) >= 11 is 6.00. The molecule has 1 N–H and O–H groups in total. The third kappa shape index (κ3) is 7.29. The summed E-state index contributed by atoms with van der Waals surface area (Å²) in [5, 5.41) is 3.70. The van der Waals surface area contributed by atoms with Crippen molar-refractivity contribution in [2.24, 2.45) is 11.8 Å². The van der Waals surface area contributed by atoms with Crippen LogP contribution in [0.25, 0.3) is 0 Å². The van der Waals surface area contributed by atoms with E-state index in [1.807, 2.05) is 12.1 Å². The van der Waals surface area contributed by atoms with Gasteiger partial charge in [-0.1, -0.05) is 36.6 Å². The van der Waals surface area contributed by atoms with E-state index >= 15 is 0 Å². The van der Waals surface area contributed by atoms with E-state index in [9.17, 15) is 18.0 Å². The van der Waals surface area contributed by atoms with E-state index in [-0.39, 0.29) is 12.6 Å². The Morgan fingerprint density at radius 3 is 2.57 bits per heavy atom. The monoisotopic (exact) mass is 508 g/mol. The summed E-state index contributed by atoms with van der Waals surface area (Å²) in [7, 11) is 0. The van der Waals surface area contributed by atoms with E-state index in [2.05, 4.69) is 10.2 Å². The molecule has 4 nitrogen and oxygen atoms in total. The lowest BCUT2D eigenvalue weighted by Gasteiger charge is -2.39. The fourth-order valence-corrected chi connectivity index (χ4v) is 5.64. The second-order valence-electron chi connectivity index (χ2n) is 9.74. The molecular formula is C27H32ClF3N2O2. The molecule has 2 aliphatic rings. The van der Waals surface area contributed by atoms with Crippen LogP contribution in [0.3, 0.4) is 0 Å². The number of amides is 1. The smallest absolute Gasteiger partial charge is 0.416 e. The molecule has 4 rings (SSSR count). The normalized spacial score (nSPS) is 23.1. The molecule has 0 bridgehead atoms. The van der Waals surface area contributed by atoms with Gasteiger partial charge in [-0.15, -0.1) is 0 Å². The van der Waals surface area contributed by atoms with Crippen molar-refractivity contribution in [3.8, 4) is 0 Å². The third-order valence-corrected chi connectivity index (χ3v) is 7.42. The number of alkyl halides is 3. The molecule has 0 aromatic heterocycles. The molecule has 190 valence electrons. The molecule has 2 fully saturated rings. The first-order valence-electron chi connectivity index (χ1n) is 12.4. The van der Waals surface area contributed by atoms with E-state index < -0.39 is 17.8 Å². The van der Waals surface area contributed by atoms with Gasteiger partial charge < -0.3 is 15.0 Å². The maximum Gasteiger partial charge on any atom is 0.416 e. The summed E-state index contributed by atoms with van der Waals surface area (Å²) in [5.41, 5.74) is 1.07. The lowest BCUT2D eigenvalue weighted by Crippen LogP contribution is -2.44. The molecule has 0 radical (unpaired) electrons. The van der Waals surface area contributed by atoms with Crippen LogP contribution in [-0.4, -0.2) is 25.2 Å². The van der Waals surface area contributed by atoms with Crippen LogP contribution in [0, 0.1) is 11.8 Å². The molecule has 1 saturated carbocycles. The minimum Gasteiger partial charge on any atom is -0.445 e. The van der Waals surface area contributed by atoms with E-state index in [1.165, 1.54) is 0 Å². The van der Waals surface area contributed by atoms with Crippen LogP contribution < -0.4 is 10.2 Å². The minimum atomic E-state index is -4.32. The predicted molar refractivity (Wildman–Crippen MR) is 132 cm³/mol. The molecule has 1 heterocycles. The van der Waals surface area contributed by atoms with E-state index in [1.54, 1.807) is 24.3 Å². The number of benzene rings is 2. The highest BCUT2D eigenvalue weighted by molar-refractivity contribution is 6.30. The molecule has 1 saturated heterocycles. The molecule has 1 aliphatic heterocycles. The summed E-state index contributed by atoms with van der Waals surface area (Å²) in [5.74, 6) is 0.820. The molecule has 0 spiro atoms. The van der Waals surface area contributed by atoms with Gasteiger partial charge in [-0.2, -0.15) is 13.2 Å². The number of hydrogen-bond donors (Lipinski definition) is 1. The fraction of sp³-hybridized carbons (Fsp3) is 0.519. The lowest BCUT2D eigenvalue weighted by atomic mass is 9.77. The Kier molecular flexibility index (Phi) is 8.47. The Bertz CT molecular complexity index is 983. The van der Waals surface area contributed by atoms with Gasteiger partial charge >= 0.3 is 12.3 Å². The average Bonchev–Trinajstić information content (AvgIpc) is 2.84. The third-order valence-electron chi connectivity index (χ3n) is 7.19. The molecule has 3 atom stereocenters. The molecular weight excluding hydrogens is 477 g/mol. The quantitative estimate of drug-likeness (QED) is 0.440. The maximum atomic E-state index is 12.9. The van der Waals surface area contributed by atoms with Gasteiger partial charge in [0.15, 0.2) is 0 Å². The molecule has 1 aliphatic carbocycles. The number of anilines is 1. The fourth-order valence-electron chi connectivity index (χ4n) is 5.43. The van der Waals surface area contributed by atoms with Crippen molar-refractivity contribution in [2.45, 2.75) is 63.8 Å². The van der Waals surface area contributed by atoms with Crippen LogP contribution >= 0.6 is 11.6 Å². The van der Waals surface area contributed by atoms with E-state index in [4.69, 9.17) is 16.3 Å². The highest BCUT2D eigenvalue weighted by Gasteiger charge is 2.32. The topological polar surface area (TPSA) is 41.6 Å². The largest absolute Gasteiger partial charge is 0.445 e. The van der Waals surface area contributed by atoms with Crippen molar-refractivity contribution in [3.05, 3.63) is 64.7 Å². The Labute approximate surface area is 209 Å². The highest BCUT2D eigenvalue weighted by atomic mass is 35.5. The molecule has 2 aromatic carbocycles. The van der Waals surface area contributed by atoms with Crippen LogP contribution in [0.2, 0.25) is 5.02 Å². The van der Waals surface area contributed by atoms with Crippen LogP contribution in [0.15, 0.2) is 48.5 Å². The standard InChI is InChI=1S/C27H32ClF3N2O2/c28-23-8-3-5-20(16-23)18-35-26(34)32-25-9-2-1-7-21(25)15-19-6-4-14-33(17-19)24-12-10-22(11-13-24)27(29,30)31/h3,5,8,10-13,16,19,21,25H,1-2,4,6-7,9,14-15,17-18H2,(H,32,34)/t19-,21+,25-/m1/s1. The van der Waals surface area contributed by atoms with Gasteiger partial charge in [0.1, 0.15) is 6.61 Å². The molecule has 0 unspecified atom stereocenters. The number of nitrogens with zero attached hydrogens (tertiary/aromatic N) is 1. The summed E-state index contributed by atoms with van der Waals surface area (Å²) in [6.45, 7) is 1.85. The van der Waals surface area contributed by atoms with Crippen molar-refractivity contribution in [1.29, 1.82) is 0 Å². The molecule has 8 heteroatoms. The zero-order valence-corrected chi connectivity index (χ0v) is 20.5. The number of piperidine rings is 1. The zero-order valence-electron chi connectivity index (χ0n) is 19.7. The molecule has 1 amide bonds. The first-order valence-corrected chi connectivity index (χ1v) is 12.8. The van der Waals surface area contributed by atoms with Crippen molar-refractivity contribution in [3.63, 3.8) is 0 Å². The predicted octanol–water partition coefficient (Wildman–Crippen LogP) is 7.45.